The molecule has 0 spiro atoms. The van der Waals surface area contributed by atoms with Crippen molar-refractivity contribution in [3.63, 3.8) is 0 Å². The highest BCUT2D eigenvalue weighted by Gasteiger charge is 2.19. The Morgan fingerprint density at radius 2 is 2.18 bits per heavy atom. The molecule has 0 saturated carbocycles. The molecule has 1 amide bonds. The molecule has 1 heterocycles. The summed E-state index contributed by atoms with van der Waals surface area (Å²) in [5.41, 5.74) is 1.65. The van der Waals surface area contributed by atoms with Gasteiger partial charge in [-0.25, -0.2) is 4.79 Å². The molecule has 0 saturated heterocycles. The summed E-state index contributed by atoms with van der Waals surface area (Å²) >= 11 is 0. The first-order chi connectivity index (χ1) is 8.09. The number of anilines is 2. The Morgan fingerprint density at radius 3 is 2.82 bits per heavy atom. The van der Waals surface area contributed by atoms with E-state index in [-0.39, 0.29) is 11.5 Å². The van der Waals surface area contributed by atoms with Crippen molar-refractivity contribution in [2.45, 2.75) is 13.3 Å². The van der Waals surface area contributed by atoms with Gasteiger partial charge in [-0.15, -0.1) is 0 Å². The van der Waals surface area contributed by atoms with Crippen LogP contribution in [-0.2, 0) is 4.79 Å². The van der Waals surface area contributed by atoms with Crippen LogP contribution in [0.3, 0.4) is 0 Å². The third-order valence-electron chi connectivity index (χ3n) is 2.79. The molecule has 0 aliphatic carbocycles. The highest BCUT2D eigenvalue weighted by Crippen LogP contribution is 2.29. The van der Waals surface area contributed by atoms with Gasteiger partial charge in [-0.3, -0.25) is 4.79 Å². The van der Waals surface area contributed by atoms with E-state index in [0.717, 1.165) is 18.7 Å². The van der Waals surface area contributed by atoms with E-state index in [1.165, 1.54) is 19.1 Å². The van der Waals surface area contributed by atoms with Crippen molar-refractivity contribution in [2.24, 2.45) is 0 Å². The summed E-state index contributed by atoms with van der Waals surface area (Å²) < 4.78 is 0. The van der Waals surface area contributed by atoms with Crippen LogP contribution >= 0.6 is 0 Å². The minimum absolute atomic E-state index is 0.0718. The fourth-order valence-corrected chi connectivity index (χ4v) is 1.95. The number of carboxylic acid groups (broad SMARTS) is 1. The lowest BCUT2D eigenvalue weighted by molar-refractivity contribution is -0.116. The first kappa shape index (κ1) is 11.4. The third-order valence-corrected chi connectivity index (χ3v) is 2.79. The molecule has 2 rings (SSSR count). The fraction of sp³-hybridized carbons (Fsp3) is 0.333. The molecule has 17 heavy (non-hydrogen) atoms. The smallest absolute Gasteiger partial charge is 0.335 e. The standard InChI is InChI=1S/C12H14N2O3/c1-8(15)14-6-2-5-13-10-4-3-9(12(16)17)7-11(10)14/h3-4,7,13H,2,5-6H2,1H3,(H,16,17). The van der Waals surface area contributed by atoms with Crippen LogP contribution in [-0.4, -0.2) is 30.1 Å². The van der Waals surface area contributed by atoms with E-state index in [2.05, 4.69) is 5.32 Å². The maximum absolute atomic E-state index is 11.5. The van der Waals surface area contributed by atoms with Crippen LogP contribution in [0.25, 0.3) is 0 Å². The summed E-state index contributed by atoms with van der Waals surface area (Å²) in [7, 11) is 0. The van der Waals surface area contributed by atoms with E-state index in [9.17, 15) is 9.59 Å². The van der Waals surface area contributed by atoms with Crippen LogP contribution in [0.15, 0.2) is 18.2 Å². The lowest BCUT2D eigenvalue weighted by atomic mass is 10.1. The van der Waals surface area contributed by atoms with Gasteiger partial charge >= 0.3 is 5.97 Å². The monoisotopic (exact) mass is 234 g/mol. The summed E-state index contributed by atoms with van der Waals surface area (Å²) in [6.07, 6.45) is 0.844. The fourth-order valence-electron chi connectivity index (χ4n) is 1.95. The Labute approximate surface area is 99.0 Å². The van der Waals surface area contributed by atoms with Crippen LogP contribution in [0.4, 0.5) is 11.4 Å². The minimum atomic E-state index is -0.986. The van der Waals surface area contributed by atoms with Crippen molar-refractivity contribution in [3.05, 3.63) is 23.8 Å². The van der Waals surface area contributed by atoms with Crippen molar-refractivity contribution in [3.8, 4) is 0 Å². The topological polar surface area (TPSA) is 69.6 Å². The number of benzene rings is 1. The van der Waals surface area contributed by atoms with Gasteiger partial charge in [0.25, 0.3) is 0 Å². The Kier molecular flexibility index (Phi) is 2.99. The highest BCUT2D eigenvalue weighted by atomic mass is 16.4. The van der Waals surface area contributed by atoms with Gasteiger partial charge < -0.3 is 15.3 Å². The largest absolute Gasteiger partial charge is 0.478 e. The van der Waals surface area contributed by atoms with Crippen LogP contribution < -0.4 is 10.2 Å². The number of carbonyl (C=O) groups excluding carboxylic acids is 1. The van der Waals surface area contributed by atoms with Gasteiger partial charge in [-0.1, -0.05) is 0 Å². The lowest BCUT2D eigenvalue weighted by Gasteiger charge is -2.21. The second kappa shape index (κ2) is 4.45. The molecule has 2 N–H and O–H groups in total. The molecule has 0 radical (unpaired) electrons. The van der Waals surface area contributed by atoms with Crippen molar-refractivity contribution in [2.75, 3.05) is 23.3 Å². The number of nitrogens with zero attached hydrogens (tertiary/aromatic N) is 1. The number of hydrogen-bond donors (Lipinski definition) is 2. The number of hydrogen-bond acceptors (Lipinski definition) is 3. The quantitative estimate of drug-likeness (QED) is 0.773. The molecule has 0 aromatic heterocycles. The maximum Gasteiger partial charge on any atom is 0.335 e. The van der Waals surface area contributed by atoms with Crippen LogP contribution in [0.1, 0.15) is 23.7 Å². The van der Waals surface area contributed by atoms with Gasteiger partial charge in [-0.05, 0) is 24.6 Å². The van der Waals surface area contributed by atoms with Crippen LogP contribution in [0, 0.1) is 0 Å². The first-order valence-corrected chi connectivity index (χ1v) is 5.49. The highest BCUT2D eigenvalue weighted by molar-refractivity contribution is 5.98. The minimum Gasteiger partial charge on any atom is -0.478 e. The van der Waals surface area contributed by atoms with Crippen molar-refractivity contribution in [1.82, 2.24) is 0 Å². The van der Waals surface area contributed by atoms with Gasteiger partial charge in [0.2, 0.25) is 5.91 Å². The number of amides is 1. The van der Waals surface area contributed by atoms with Crippen LogP contribution in [0.2, 0.25) is 0 Å². The Morgan fingerprint density at radius 1 is 1.41 bits per heavy atom. The molecule has 0 fully saturated rings. The average Bonchev–Trinajstić information content (AvgIpc) is 2.49. The Balaban J connectivity index is 2.49. The number of carbonyl (C=O) groups is 2. The molecule has 0 bridgehead atoms. The molecular weight excluding hydrogens is 220 g/mol. The molecule has 1 aromatic rings. The molecule has 1 aromatic carbocycles. The SMILES string of the molecule is CC(=O)N1CCCNc2ccc(C(=O)O)cc21. The van der Waals surface area contributed by atoms with E-state index >= 15 is 0 Å². The number of rotatable bonds is 1. The van der Waals surface area contributed by atoms with E-state index < -0.39 is 5.97 Å². The average molecular weight is 234 g/mol. The van der Waals surface area contributed by atoms with E-state index in [0.29, 0.717) is 12.2 Å². The normalized spacial score (nSPS) is 14.5. The van der Waals surface area contributed by atoms with Gasteiger partial charge in [0.1, 0.15) is 0 Å². The van der Waals surface area contributed by atoms with E-state index in [1.54, 1.807) is 11.0 Å². The van der Waals surface area contributed by atoms with E-state index in [4.69, 9.17) is 5.11 Å². The van der Waals surface area contributed by atoms with Gasteiger partial charge in [0, 0.05) is 20.0 Å². The van der Waals surface area contributed by atoms with Crippen molar-refractivity contribution in [1.29, 1.82) is 0 Å². The zero-order chi connectivity index (χ0) is 12.4. The molecule has 1 aliphatic rings. The molecule has 90 valence electrons. The predicted molar refractivity (Wildman–Crippen MR) is 64.5 cm³/mol. The maximum atomic E-state index is 11.5. The Hall–Kier alpha value is -2.04. The molecule has 5 heteroatoms. The van der Waals surface area contributed by atoms with Gasteiger partial charge in [0.15, 0.2) is 0 Å². The number of nitrogens with one attached hydrogen (secondary N) is 1. The lowest BCUT2D eigenvalue weighted by Crippen LogP contribution is -2.29. The number of fused-ring (bicyclic) bond motifs is 1. The van der Waals surface area contributed by atoms with Gasteiger partial charge in [0.05, 0.1) is 16.9 Å². The number of carboxylic acids is 1. The summed E-state index contributed by atoms with van der Waals surface area (Å²) in [6, 6.07) is 4.79. The molecule has 0 atom stereocenters. The summed E-state index contributed by atoms with van der Waals surface area (Å²) in [5, 5.41) is 12.1. The third kappa shape index (κ3) is 2.22. The molecular formula is C12H14N2O3. The molecule has 5 nitrogen and oxygen atoms in total. The molecule has 0 unspecified atom stereocenters. The van der Waals surface area contributed by atoms with Crippen molar-refractivity contribution < 1.29 is 14.7 Å². The zero-order valence-corrected chi connectivity index (χ0v) is 9.56. The summed E-state index contributed by atoms with van der Waals surface area (Å²) in [4.78, 5) is 24.1. The summed E-state index contributed by atoms with van der Waals surface area (Å²) in [6.45, 7) is 2.88. The zero-order valence-electron chi connectivity index (χ0n) is 9.56. The Bertz CT molecular complexity index is 471. The van der Waals surface area contributed by atoms with E-state index in [1.807, 2.05) is 0 Å². The van der Waals surface area contributed by atoms with Crippen LogP contribution in [0.5, 0.6) is 0 Å². The predicted octanol–water partition coefficient (Wildman–Crippen LogP) is 1.55. The number of aromatic carboxylic acids is 1. The first-order valence-electron chi connectivity index (χ1n) is 5.49. The molecule has 1 aliphatic heterocycles. The summed E-state index contributed by atoms with van der Waals surface area (Å²) in [5.74, 6) is -1.06. The second-order valence-corrected chi connectivity index (χ2v) is 3.99. The van der Waals surface area contributed by atoms with Crippen molar-refractivity contribution >= 4 is 23.3 Å². The second-order valence-electron chi connectivity index (χ2n) is 3.99. The van der Waals surface area contributed by atoms with Gasteiger partial charge in [-0.2, -0.15) is 0 Å².